The predicted molar refractivity (Wildman–Crippen MR) is 91.1 cm³/mol. The molecule has 0 aromatic heterocycles. The number of carbonyl (C=O) groups excluding carboxylic acids is 2. The van der Waals surface area contributed by atoms with Gasteiger partial charge in [0, 0.05) is 17.1 Å². The van der Waals surface area contributed by atoms with Crippen LogP contribution in [0.5, 0.6) is 0 Å². The van der Waals surface area contributed by atoms with E-state index in [0.717, 1.165) is 30.4 Å². The molecule has 1 heterocycles. The molecule has 1 saturated carbocycles. The van der Waals surface area contributed by atoms with Gasteiger partial charge in [-0.15, -0.1) is 0 Å². The SMILES string of the molecule is C/C=C(/C)C(=O)O[C@H]1CCC2=C[C@H]3OC(=O)C(C)=C3C[C@]2(C)[C@H]1C. The number of allylic oxidation sites excluding steroid dienone is 2. The Morgan fingerprint density at radius 3 is 2.83 bits per heavy atom. The van der Waals surface area contributed by atoms with Gasteiger partial charge >= 0.3 is 11.9 Å². The molecule has 0 aromatic carbocycles. The normalized spacial score (nSPS) is 35.9. The van der Waals surface area contributed by atoms with Gasteiger partial charge in [-0.1, -0.05) is 25.5 Å². The first-order chi connectivity index (χ1) is 11.3. The number of carbonyl (C=O) groups is 2. The first-order valence-corrected chi connectivity index (χ1v) is 8.73. The Morgan fingerprint density at radius 1 is 1.46 bits per heavy atom. The molecule has 2 aliphatic carbocycles. The van der Waals surface area contributed by atoms with Gasteiger partial charge in [-0.2, -0.15) is 0 Å². The second kappa shape index (κ2) is 5.91. The maximum absolute atomic E-state index is 12.2. The zero-order valence-corrected chi connectivity index (χ0v) is 15.1. The standard InChI is InChI=1S/C20H26O4/c1-6-11(2)18(21)23-16-8-7-14-9-17-15(12(3)19(22)24-17)10-20(14,5)13(16)4/h6,9,13,16-17H,7-8,10H2,1-5H3/b11-6-/t13-,16-,17+,20+/m0/s1. The van der Waals surface area contributed by atoms with Crippen molar-refractivity contribution in [3.8, 4) is 0 Å². The Balaban J connectivity index is 1.86. The third kappa shape index (κ3) is 2.52. The maximum Gasteiger partial charge on any atom is 0.334 e. The average Bonchev–Trinajstić information content (AvgIpc) is 2.82. The molecule has 130 valence electrons. The van der Waals surface area contributed by atoms with Gasteiger partial charge in [0.05, 0.1) is 0 Å². The van der Waals surface area contributed by atoms with E-state index in [0.29, 0.717) is 5.57 Å². The van der Waals surface area contributed by atoms with Gasteiger partial charge < -0.3 is 9.47 Å². The molecule has 3 rings (SSSR count). The minimum absolute atomic E-state index is 0.0892. The smallest absolute Gasteiger partial charge is 0.334 e. The van der Waals surface area contributed by atoms with Gasteiger partial charge in [-0.05, 0) is 57.1 Å². The molecule has 1 aliphatic heterocycles. The average molecular weight is 330 g/mol. The van der Waals surface area contributed by atoms with E-state index in [2.05, 4.69) is 19.9 Å². The molecule has 24 heavy (non-hydrogen) atoms. The van der Waals surface area contributed by atoms with Crippen molar-refractivity contribution in [3.63, 3.8) is 0 Å². The molecule has 0 bridgehead atoms. The Kier molecular flexibility index (Phi) is 4.18. The second-order valence-corrected chi connectivity index (χ2v) is 7.51. The molecule has 0 amide bonds. The topological polar surface area (TPSA) is 52.6 Å². The van der Waals surface area contributed by atoms with Crippen molar-refractivity contribution in [2.24, 2.45) is 11.3 Å². The molecular formula is C20H26O4. The minimum Gasteiger partial charge on any atom is -0.459 e. The van der Waals surface area contributed by atoms with Gasteiger partial charge in [0.2, 0.25) is 0 Å². The van der Waals surface area contributed by atoms with Crippen molar-refractivity contribution in [2.75, 3.05) is 0 Å². The highest BCUT2D eigenvalue weighted by atomic mass is 16.6. The van der Waals surface area contributed by atoms with Crippen molar-refractivity contribution in [2.45, 2.75) is 66.1 Å². The highest BCUT2D eigenvalue weighted by Crippen LogP contribution is 2.54. The summed E-state index contributed by atoms with van der Waals surface area (Å²) in [6.45, 7) is 9.86. The summed E-state index contributed by atoms with van der Waals surface area (Å²) < 4.78 is 11.2. The summed E-state index contributed by atoms with van der Waals surface area (Å²) in [5.41, 5.74) is 3.73. The number of rotatable bonds is 2. The quantitative estimate of drug-likeness (QED) is 0.438. The fourth-order valence-corrected chi connectivity index (χ4v) is 4.16. The van der Waals surface area contributed by atoms with Crippen LogP contribution in [0, 0.1) is 11.3 Å². The molecular weight excluding hydrogens is 304 g/mol. The minimum atomic E-state index is -0.228. The van der Waals surface area contributed by atoms with E-state index in [-0.39, 0.29) is 35.5 Å². The molecule has 0 saturated heterocycles. The van der Waals surface area contributed by atoms with Crippen molar-refractivity contribution in [1.82, 2.24) is 0 Å². The van der Waals surface area contributed by atoms with Crippen LogP contribution in [0.4, 0.5) is 0 Å². The summed E-state index contributed by atoms with van der Waals surface area (Å²) in [5, 5.41) is 0. The molecule has 4 nitrogen and oxygen atoms in total. The lowest BCUT2D eigenvalue weighted by Gasteiger charge is -2.48. The zero-order valence-electron chi connectivity index (χ0n) is 15.1. The zero-order chi connectivity index (χ0) is 17.6. The second-order valence-electron chi connectivity index (χ2n) is 7.51. The Hall–Kier alpha value is -1.84. The van der Waals surface area contributed by atoms with Crippen LogP contribution >= 0.6 is 0 Å². The molecule has 4 atom stereocenters. The van der Waals surface area contributed by atoms with E-state index in [9.17, 15) is 9.59 Å². The fraction of sp³-hybridized carbons (Fsp3) is 0.600. The van der Waals surface area contributed by atoms with E-state index in [1.165, 1.54) is 5.57 Å². The lowest BCUT2D eigenvalue weighted by atomic mass is 9.58. The fourth-order valence-electron chi connectivity index (χ4n) is 4.16. The van der Waals surface area contributed by atoms with Crippen LogP contribution in [-0.2, 0) is 19.1 Å². The van der Waals surface area contributed by atoms with Crippen LogP contribution in [0.15, 0.2) is 34.4 Å². The van der Waals surface area contributed by atoms with Crippen LogP contribution in [0.2, 0.25) is 0 Å². The van der Waals surface area contributed by atoms with Crippen LogP contribution in [0.3, 0.4) is 0 Å². The van der Waals surface area contributed by atoms with Crippen LogP contribution in [0.25, 0.3) is 0 Å². The summed E-state index contributed by atoms with van der Waals surface area (Å²) >= 11 is 0. The molecule has 3 aliphatic rings. The molecule has 1 fully saturated rings. The molecule has 4 heteroatoms. The van der Waals surface area contributed by atoms with E-state index in [4.69, 9.17) is 9.47 Å². The number of esters is 2. The Bertz CT molecular complexity index is 682. The maximum atomic E-state index is 12.2. The lowest BCUT2D eigenvalue weighted by molar-refractivity contribution is -0.151. The lowest BCUT2D eigenvalue weighted by Crippen LogP contribution is -2.45. The van der Waals surface area contributed by atoms with E-state index in [1.807, 2.05) is 13.8 Å². The summed E-state index contributed by atoms with van der Waals surface area (Å²) in [6.07, 6.45) is 6.14. The molecule has 0 N–H and O–H groups in total. The summed E-state index contributed by atoms with van der Waals surface area (Å²) in [6, 6.07) is 0. The van der Waals surface area contributed by atoms with Crippen molar-refractivity contribution >= 4 is 11.9 Å². The van der Waals surface area contributed by atoms with Crippen molar-refractivity contribution in [1.29, 1.82) is 0 Å². The largest absolute Gasteiger partial charge is 0.459 e. The van der Waals surface area contributed by atoms with E-state index < -0.39 is 0 Å². The first-order valence-electron chi connectivity index (χ1n) is 8.73. The number of hydrogen-bond acceptors (Lipinski definition) is 4. The highest BCUT2D eigenvalue weighted by molar-refractivity contribution is 5.92. The third-order valence-corrected chi connectivity index (χ3v) is 6.28. The van der Waals surface area contributed by atoms with Crippen LogP contribution < -0.4 is 0 Å². The van der Waals surface area contributed by atoms with Gasteiger partial charge in [-0.3, -0.25) is 0 Å². The van der Waals surface area contributed by atoms with Gasteiger partial charge in [0.1, 0.15) is 12.2 Å². The third-order valence-electron chi connectivity index (χ3n) is 6.28. The number of ether oxygens (including phenoxy) is 2. The van der Waals surface area contributed by atoms with Crippen LogP contribution in [0.1, 0.15) is 53.9 Å². The molecule has 0 unspecified atom stereocenters. The molecule has 0 aromatic rings. The van der Waals surface area contributed by atoms with Crippen molar-refractivity contribution < 1.29 is 19.1 Å². The van der Waals surface area contributed by atoms with Gasteiger partial charge in [0.15, 0.2) is 0 Å². The monoisotopic (exact) mass is 330 g/mol. The highest BCUT2D eigenvalue weighted by Gasteiger charge is 2.50. The molecule has 0 radical (unpaired) electrons. The summed E-state index contributed by atoms with van der Waals surface area (Å²) in [7, 11) is 0. The number of fused-ring (bicyclic) bond motifs is 2. The molecule has 0 spiro atoms. The first kappa shape index (κ1) is 17.0. The van der Waals surface area contributed by atoms with Gasteiger partial charge in [-0.25, -0.2) is 9.59 Å². The van der Waals surface area contributed by atoms with E-state index >= 15 is 0 Å². The number of hydrogen-bond donors (Lipinski definition) is 0. The van der Waals surface area contributed by atoms with Crippen molar-refractivity contribution in [3.05, 3.63) is 34.4 Å². The van der Waals surface area contributed by atoms with Crippen LogP contribution in [-0.4, -0.2) is 24.1 Å². The Morgan fingerprint density at radius 2 is 2.17 bits per heavy atom. The summed E-state index contributed by atoms with van der Waals surface area (Å²) in [5.74, 6) is -0.231. The van der Waals surface area contributed by atoms with Gasteiger partial charge in [0.25, 0.3) is 0 Å². The van der Waals surface area contributed by atoms with E-state index in [1.54, 1.807) is 13.0 Å². The predicted octanol–water partition coefficient (Wildman–Crippen LogP) is 3.87. The Labute approximate surface area is 143 Å². The summed E-state index contributed by atoms with van der Waals surface area (Å²) in [4.78, 5) is 24.0.